The molecule has 0 aliphatic carbocycles. The standard InChI is InChI=1S/C20H19N3O3S/c1-3-27-18-17(15-6-8-16(9-7-15)22-13(2)24)19(25)23(20(18)26)12-14-5-4-10-21-11-14/h4-11H,3,12H2,1-2H3,(H,22,24). The highest BCUT2D eigenvalue weighted by molar-refractivity contribution is 8.04. The molecule has 7 heteroatoms. The van der Waals surface area contributed by atoms with Gasteiger partial charge in [-0.3, -0.25) is 24.3 Å². The van der Waals surface area contributed by atoms with Crippen LogP contribution >= 0.6 is 11.8 Å². The zero-order valence-electron chi connectivity index (χ0n) is 15.1. The number of hydrogen-bond donors (Lipinski definition) is 1. The van der Waals surface area contributed by atoms with E-state index in [1.807, 2.05) is 13.0 Å². The van der Waals surface area contributed by atoms with Gasteiger partial charge >= 0.3 is 0 Å². The summed E-state index contributed by atoms with van der Waals surface area (Å²) in [7, 11) is 0. The van der Waals surface area contributed by atoms with Gasteiger partial charge in [-0.15, -0.1) is 11.8 Å². The van der Waals surface area contributed by atoms with Crippen molar-refractivity contribution in [3.8, 4) is 0 Å². The fourth-order valence-corrected chi connectivity index (χ4v) is 3.70. The van der Waals surface area contributed by atoms with Gasteiger partial charge in [-0.1, -0.05) is 25.1 Å². The third-order valence-corrected chi connectivity index (χ3v) is 4.93. The number of nitrogens with one attached hydrogen (secondary N) is 1. The first-order valence-corrected chi connectivity index (χ1v) is 9.50. The molecule has 138 valence electrons. The highest BCUT2D eigenvalue weighted by Crippen LogP contribution is 2.36. The van der Waals surface area contributed by atoms with E-state index in [0.717, 1.165) is 5.56 Å². The van der Waals surface area contributed by atoms with Crippen molar-refractivity contribution in [3.05, 3.63) is 64.8 Å². The van der Waals surface area contributed by atoms with E-state index in [4.69, 9.17) is 0 Å². The molecule has 0 radical (unpaired) electrons. The first-order chi connectivity index (χ1) is 13.0. The predicted octanol–water partition coefficient (Wildman–Crippen LogP) is 3.07. The molecule has 0 spiro atoms. The Balaban J connectivity index is 1.92. The highest BCUT2D eigenvalue weighted by atomic mass is 32.2. The van der Waals surface area contributed by atoms with Crippen LogP contribution in [0, 0.1) is 0 Å². The van der Waals surface area contributed by atoms with Crippen molar-refractivity contribution < 1.29 is 14.4 Å². The molecule has 2 heterocycles. The summed E-state index contributed by atoms with van der Waals surface area (Å²) in [5.41, 5.74) is 2.50. The number of nitrogens with zero attached hydrogens (tertiary/aromatic N) is 2. The molecule has 0 bridgehead atoms. The molecular weight excluding hydrogens is 362 g/mol. The van der Waals surface area contributed by atoms with Crippen molar-refractivity contribution >= 4 is 40.7 Å². The zero-order chi connectivity index (χ0) is 19.4. The molecule has 1 aliphatic heterocycles. The van der Waals surface area contributed by atoms with E-state index in [1.165, 1.54) is 23.6 Å². The number of carbonyl (C=O) groups excluding carboxylic acids is 3. The second-order valence-corrected chi connectivity index (χ2v) is 7.23. The molecule has 1 aromatic carbocycles. The minimum Gasteiger partial charge on any atom is -0.326 e. The third-order valence-electron chi connectivity index (χ3n) is 3.97. The summed E-state index contributed by atoms with van der Waals surface area (Å²) in [4.78, 5) is 42.8. The molecular formula is C20H19N3O3S. The Bertz CT molecular complexity index is 908. The van der Waals surface area contributed by atoms with Gasteiger partial charge in [0.1, 0.15) is 0 Å². The molecule has 0 saturated heterocycles. The molecule has 1 N–H and O–H groups in total. The Kier molecular flexibility index (Phi) is 5.71. The number of amides is 3. The average molecular weight is 381 g/mol. The van der Waals surface area contributed by atoms with Crippen LogP contribution in [0.2, 0.25) is 0 Å². The van der Waals surface area contributed by atoms with Crippen LogP contribution in [0.25, 0.3) is 5.57 Å². The van der Waals surface area contributed by atoms with E-state index in [-0.39, 0.29) is 24.3 Å². The van der Waals surface area contributed by atoms with E-state index in [0.29, 0.717) is 27.5 Å². The Hall–Kier alpha value is -2.93. The van der Waals surface area contributed by atoms with Gasteiger partial charge in [0.2, 0.25) is 5.91 Å². The minimum atomic E-state index is -0.313. The van der Waals surface area contributed by atoms with Crippen molar-refractivity contribution in [2.24, 2.45) is 0 Å². The summed E-state index contributed by atoms with van der Waals surface area (Å²) in [6, 6.07) is 10.5. The second-order valence-electron chi connectivity index (χ2n) is 5.95. The second kappa shape index (κ2) is 8.18. The maximum absolute atomic E-state index is 13.0. The fourth-order valence-electron chi connectivity index (χ4n) is 2.83. The largest absolute Gasteiger partial charge is 0.326 e. The van der Waals surface area contributed by atoms with Gasteiger partial charge in [0.25, 0.3) is 11.8 Å². The monoisotopic (exact) mass is 381 g/mol. The number of aromatic nitrogens is 1. The Morgan fingerprint density at radius 1 is 1.15 bits per heavy atom. The SMILES string of the molecule is CCSC1=C(c2ccc(NC(C)=O)cc2)C(=O)N(Cc2cccnc2)C1=O. The normalized spacial score (nSPS) is 14.1. The van der Waals surface area contributed by atoms with E-state index < -0.39 is 0 Å². The maximum atomic E-state index is 13.0. The fraction of sp³-hybridized carbons (Fsp3) is 0.200. The molecule has 0 fully saturated rings. The van der Waals surface area contributed by atoms with E-state index in [9.17, 15) is 14.4 Å². The summed E-state index contributed by atoms with van der Waals surface area (Å²) >= 11 is 1.37. The van der Waals surface area contributed by atoms with Crippen LogP contribution in [0.1, 0.15) is 25.0 Å². The Morgan fingerprint density at radius 3 is 2.48 bits per heavy atom. The van der Waals surface area contributed by atoms with E-state index in [1.54, 1.807) is 42.7 Å². The van der Waals surface area contributed by atoms with Crippen LogP contribution < -0.4 is 5.32 Å². The lowest BCUT2D eigenvalue weighted by Gasteiger charge is -2.15. The van der Waals surface area contributed by atoms with Crippen molar-refractivity contribution in [3.63, 3.8) is 0 Å². The molecule has 3 rings (SSSR count). The van der Waals surface area contributed by atoms with Crippen molar-refractivity contribution in [2.75, 3.05) is 11.1 Å². The van der Waals surface area contributed by atoms with Gasteiger partial charge < -0.3 is 5.32 Å². The summed E-state index contributed by atoms with van der Waals surface area (Å²) in [5, 5.41) is 2.69. The lowest BCUT2D eigenvalue weighted by Crippen LogP contribution is -2.31. The highest BCUT2D eigenvalue weighted by Gasteiger charge is 2.38. The molecule has 0 atom stereocenters. The predicted molar refractivity (Wildman–Crippen MR) is 106 cm³/mol. The molecule has 0 unspecified atom stereocenters. The third kappa shape index (κ3) is 4.09. The summed E-state index contributed by atoms with van der Waals surface area (Å²) in [6.45, 7) is 3.56. The van der Waals surface area contributed by atoms with Crippen LogP contribution in [-0.4, -0.2) is 33.4 Å². The Labute approximate surface area is 161 Å². The van der Waals surface area contributed by atoms with E-state index in [2.05, 4.69) is 10.3 Å². The maximum Gasteiger partial charge on any atom is 0.268 e. The minimum absolute atomic E-state index is 0.168. The number of hydrogen-bond acceptors (Lipinski definition) is 5. The first kappa shape index (κ1) is 18.8. The molecule has 0 saturated carbocycles. The van der Waals surface area contributed by atoms with Crippen molar-refractivity contribution in [1.82, 2.24) is 9.88 Å². The number of carbonyl (C=O) groups is 3. The van der Waals surface area contributed by atoms with Crippen molar-refractivity contribution in [1.29, 1.82) is 0 Å². The van der Waals surface area contributed by atoms with Gasteiger partial charge in [0.15, 0.2) is 0 Å². The van der Waals surface area contributed by atoms with Gasteiger partial charge in [-0.25, -0.2) is 0 Å². The van der Waals surface area contributed by atoms with Crippen molar-refractivity contribution in [2.45, 2.75) is 20.4 Å². The number of anilines is 1. The lowest BCUT2D eigenvalue weighted by atomic mass is 10.1. The number of benzene rings is 1. The summed E-state index contributed by atoms with van der Waals surface area (Å²) in [6.07, 6.45) is 3.29. The smallest absolute Gasteiger partial charge is 0.268 e. The first-order valence-electron chi connectivity index (χ1n) is 8.51. The van der Waals surface area contributed by atoms with E-state index >= 15 is 0 Å². The van der Waals surface area contributed by atoms with Gasteiger partial charge in [0, 0.05) is 25.0 Å². The number of thioether (sulfide) groups is 1. The summed E-state index contributed by atoms with van der Waals surface area (Å²) in [5.74, 6) is -0.0783. The van der Waals surface area contributed by atoms with Gasteiger partial charge in [-0.05, 0) is 35.1 Å². The average Bonchev–Trinajstić information content (AvgIpc) is 2.88. The quantitative estimate of drug-likeness (QED) is 0.778. The lowest BCUT2D eigenvalue weighted by molar-refractivity contribution is -0.137. The van der Waals surface area contributed by atoms with Gasteiger partial charge in [0.05, 0.1) is 17.0 Å². The molecule has 1 aliphatic rings. The number of rotatable bonds is 6. The zero-order valence-corrected chi connectivity index (χ0v) is 15.9. The molecule has 2 aromatic rings. The van der Waals surface area contributed by atoms with Crippen LogP contribution in [0.15, 0.2) is 53.7 Å². The molecule has 27 heavy (non-hydrogen) atoms. The number of pyridine rings is 1. The van der Waals surface area contributed by atoms with Crippen LogP contribution in [0.3, 0.4) is 0 Å². The van der Waals surface area contributed by atoms with Crippen LogP contribution in [-0.2, 0) is 20.9 Å². The summed E-state index contributed by atoms with van der Waals surface area (Å²) < 4.78 is 0. The van der Waals surface area contributed by atoms with Crippen LogP contribution in [0.4, 0.5) is 5.69 Å². The van der Waals surface area contributed by atoms with Gasteiger partial charge in [-0.2, -0.15) is 0 Å². The molecule has 3 amide bonds. The van der Waals surface area contributed by atoms with Crippen LogP contribution in [0.5, 0.6) is 0 Å². The number of imide groups is 1. The molecule has 6 nitrogen and oxygen atoms in total. The Morgan fingerprint density at radius 2 is 1.89 bits per heavy atom. The topological polar surface area (TPSA) is 79.4 Å². The molecule has 1 aromatic heterocycles.